The SMILES string of the molecule is CCCCNC(=O)c1ccc(Cl)c(S(=O)(=O)Nc2ccccc2C)c1. The van der Waals surface area contributed by atoms with E-state index < -0.39 is 10.0 Å². The lowest BCUT2D eigenvalue weighted by Gasteiger charge is -2.13. The lowest BCUT2D eigenvalue weighted by molar-refractivity contribution is 0.0953. The van der Waals surface area contributed by atoms with Crippen molar-refractivity contribution < 1.29 is 13.2 Å². The zero-order valence-electron chi connectivity index (χ0n) is 14.2. The number of hydrogen-bond acceptors (Lipinski definition) is 3. The zero-order chi connectivity index (χ0) is 18.4. The average Bonchev–Trinajstić information content (AvgIpc) is 2.57. The van der Waals surface area contributed by atoms with E-state index in [1.807, 2.05) is 13.0 Å². The molecule has 2 N–H and O–H groups in total. The number of carbonyl (C=O) groups is 1. The molecule has 0 radical (unpaired) electrons. The Morgan fingerprint density at radius 3 is 2.56 bits per heavy atom. The van der Waals surface area contributed by atoms with Crippen LogP contribution in [0.5, 0.6) is 0 Å². The number of carbonyl (C=O) groups excluding carboxylic acids is 1. The van der Waals surface area contributed by atoms with Crippen molar-refractivity contribution in [3.8, 4) is 0 Å². The molecular weight excluding hydrogens is 360 g/mol. The van der Waals surface area contributed by atoms with Gasteiger partial charge < -0.3 is 5.32 Å². The number of halogens is 1. The van der Waals surface area contributed by atoms with Crippen molar-refractivity contribution >= 4 is 33.2 Å². The molecule has 0 aliphatic heterocycles. The van der Waals surface area contributed by atoms with E-state index in [2.05, 4.69) is 10.0 Å². The first-order chi connectivity index (χ1) is 11.8. The van der Waals surface area contributed by atoms with Crippen LogP contribution in [0.1, 0.15) is 35.7 Å². The number of amides is 1. The average molecular weight is 381 g/mol. The summed E-state index contributed by atoms with van der Waals surface area (Å²) in [4.78, 5) is 12.0. The fraction of sp³-hybridized carbons (Fsp3) is 0.278. The minimum absolute atomic E-state index is 0.0613. The maximum atomic E-state index is 12.7. The van der Waals surface area contributed by atoms with Gasteiger partial charge >= 0.3 is 0 Å². The number of aryl methyl sites for hydroxylation is 1. The standard InChI is InChI=1S/C18H21ClN2O3S/c1-3-4-11-20-18(22)14-9-10-15(19)17(12-14)25(23,24)21-16-8-6-5-7-13(16)2/h5-10,12,21H,3-4,11H2,1-2H3,(H,20,22). The highest BCUT2D eigenvalue weighted by atomic mass is 35.5. The lowest BCUT2D eigenvalue weighted by atomic mass is 10.2. The molecule has 2 aromatic carbocycles. The summed E-state index contributed by atoms with van der Waals surface area (Å²) in [7, 11) is -3.91. The fourth-order valence-corrected chi connectivity index (χ4v) is 3.88. The molecule has 0 unspecified atom stereocenters. The maximum absolute atomic E-state index is 12.7. The van der Waals surface area contributed by atoms with E-state index in [0.717, 1.165) is 18.4 Å². The molecule has 5 nitrogen and oxygen atoms in total. The zero-order valence-corrected chi connectivity index (χ0v) is 15.7. The predicted molar refractivity (Wildman–Crippen MR) is 101 cm³/mol. The molecule has 2 aromatic rings. The second kappa shape index (κ2) is 8.36. The minimum Gasteiger partial charge on any atom is -0.352 e. The Labute approximate surface area is 153 Å². The second-order valence-electron chi connectivity index (χ2n) is 5.68. The molecule has 0 spiro atoms. The van der Waals surface area contributed by atoms with Crippen molar-refractivity contribution in [2.45, 2.75) is 31.6 Å². The highest BCUT2D eigenvalue weighted by Gasteiger charge is 2.21. The number of hydrogen-bond donors (Lipinski definition) is 2. The molecule has 0 saturated heterocycles. The van der Waals surface area contributed by atoms with Gasteiger partial charge in [-0.05, 0) is 43.2 Å². The van der Waals surface area contributed by atoms with Gasteiger partial charge in [-0.25, -0.2) is 8.42 Å². The molecule has 2 rings (SSSR count). The van der Waals surface area contributed by atoms with E-state index in [1.165, 1.54) is 18.2 Å². The molecule has 0 aliphatic rings. The van der Waals surface area contributed by atoms with Crippen LogP contribution in [-0.2, 0) is 10.0 Å². The van der Waals surface area contributed by atoms with E-state index in [-0.39, 0.29) is 21.4 Å². The molecule has 0 bridgehead atoms. The third-order valence-electron chi connectivity index (χ3n) is 3.69. The van der Waals surface area contributed by atoms with Gasteiger partial charge in [0.2, 0.25) is 0 Å². The molecular formula is C18H21ClN2O3S. The number of nitrogens with one attached hydrogen (secondary N) is 2. The van der Waals surface area contributed by atoms with Crippen molar-refractivity contribution in [1.29, 1.82) is 0 Å². The Morgan fingerprint density at radius 2 is 1.88 bits per heavy atom. The van der Waals surface area contributed by atoms with Gasteiger partial charge in [-0.1, -0.05) is 43.1 Å². The van der Waals surface area contributed by atoms with Gasteiger partial charge in [-0.15, -0.1) is 0 Å². The highest BCUT2D eigenvalue weighted by Crippen LogP contribution is 2.26. The van der Waals surface area contributed by atoms with Crippen molar-refractivity contribution in [2.75, 3.05) is 11.3 Å². The van der Waals surface area contributed by atoms with Gasteiger partial charge in [0.25, 0.3) is 15.9 Å². The normalized spacial score (nSPS) is 11.2. The van der Waals surface area contributed by atoms with Crippen LogP contribution in [-0.4, -0.2) is 20.9 Å². The number of unbranched alkanes of at least 4 members (excludes halogenated alkanes) is 1. The van der Waals surface area contributed by atoms with Crippen LogP contribution in [0.25, 0.3) is 0 Å². The largest absolute Gasteiger partial charge is 0.352 e. The van der Waals surface area contributed by atoms with E-state index in [4.69, 9.17) is 11.6 Å². The van der Waals surface area contributed by atoms with Gasteiger partial charge in [-0.2, -0.15) is 0 Å². The first-order valence-corrected chi connectivity index (χ1v) is 9.87. The number of benzene rings is 2. The Morgan fingerprint density at radius 1 is 1.16 bits per heavy atom. The fourth-order valence-electron chi connectivity index (χ4n) is 2.22. The van der Waals surface area contributed by atoms with Gasteiger partial charge in [0.05, 0.1) is 10.7 Å². The van der Waals surface area contributed by atoms with Crippen molar-refractivity contribution in [3.63, 3.8) is 0 Å². The first kappa shape index (κ1) is 19.3. The van der Waals surface area contributed by atoms with Crippen molar-refractivity contribution in [3.05, 3.63) is 58.6 Å². The molecule has 0 saturated carbocycles. The van der Waals surface area contributed by atoms with Crippen molar-refractivity contribution in [2.24, 2.45) is 0 Å². The summed E-state index contributed by atoms with van der Waals surface area (Å²) < 4.78 is 27.9. The Balaban J connectivity index is 2.29. The summed E-state index contributed by atoms with van der Waals surface area (Å²) in [5, 5.41) is 2.82. The minimum atomic E-state index is -3.91. The molecule has 1 amide bonds. The Bertz CT molecular complexity index is 866. The molecule has 0 heterocycles. The monoisotopic (exact) mass is 380 g/mol. The van der Waals surface area contributed by atoms with Crippen LogP contribution in [0.3, 0.4) is 0 Å². The molecule has 0 atom stereocenters. The number of anilines is 1. The third-order valence-corrected chi connectivity index (χ3v) is 5.54. The molecule has 0 aromatic heterocycles. The number of para-hydroxylation sites is 1. The molecule has 25 heavy (non-hydrogen) atoms. The molecule has 0 fully saturated rings. The first-order valence-electron chi connectivity index (χ1n) is 8.01. The van der Waals surface area contributed by atoms with Crippen LogP contribution in [0.4, 0.5) is 5.69 Å². The summed E-state index contributed by atoms with van der Waals surface area (Å²) in [5.41, 5.74) is 1.51. The number of rotatable bonds is 7. The maximum Gasteiger partial charge on any atom is 0.263 e. The van der Waals surface area contributed by atoms with Crippen LogP contribution < -0.4 is 10.0 Å². The van der Waals surface area contributed by atoms with E-state index >= 15 is 0 Å². The van der Waals surface area contributed by atoms with E-state index in [1.54, 1.807) is 25.1 Å². The molecule has 134 valence electrons. The van der Waals surface area contributed by atoms with Crippen molar-refractivity contribution in [1.82, 2.24) is 5.32 Å². The Hall–Kier alpha value is -2.05. The summed E-state index contributed by atoms with van der Waals surface area (Å²) in [6.07, 6.45) is 1.82. The third kappa shape index (κ3) is 4.96. The van der Waals surface area contributed by atoms with Crippen LogP contribution in [0.2, 0.25) is 5.02 Å². The van der Waals surface area contributed by atoms with E-state index in [9.17, 15) is 13.2 Å². The van der Waals surface area contributed by atoms with Gasteiger partial charge in [0.15, 0.2) is 0 Å². The van der Waals surface area contributed by atoms with Crippen LogP contribution in [0, 0.1) is 6.92 Å². The van der Waals surface area contributed by atoms with Crippen LogP contribution >= 0.6 is 11.6 Å². The summed E-state index contributed by atoms with van der Waals surface area (Å²) >= 11 is 6.07. The second-order valence-corrected chi connectivity index (χ2v) is 7.73. The Kier molecular flexibility index (Phi) is 6.45. The quantitative estimate of drug-likeness (QED) is 0.713. The summed E-state index contributed by atoms with van der Waals surface area (Å²) in [6, 6.07) is 11.3. The summed E-state index contributed by atoms with van der Waals surface area (Å²) in [5.74, 6) is -0.322. The summed E-state index contributed by atoms with van der Waals surface area (Å²) in [6.45, 7) is 4.37. The lowest BCUT2D eigenvalue weighted by Crippen LogP contribution is -2.25. The van der Waals surface area contributed by atoms with Crippen LogP contribution in [0.15, 0.2) is 47.4 Å². The molecule has 0 aliphatic carbocycles. The van der Waals surface area contributed by atoms with Gasteiger partial charge in [-0.3, -0.25) is 9.52 Å². The van der Waals surface area contributed by atoms with Gasteiger partial charge in [0, 0.05) is 12.1 Å². The van der Waals surface area contributed by atoms with E-state index in [0.29, 0.717) is 12.2 Å². The topological polar surface area (TPSA) is 75.3 Å². The predicted octanol–water partition coefficient (Wildman–Crippen LogP) is 3.98. The molecule has 7 heteroatoms. The number of sulfonamides is 1. The smallest absolute Gasteiger partial charge is 0.263 e. The van der Waals surface area contributed by atoms with Gasteiger partial charge in [0.1, 0.15) is 4.90 Å². The highest BCUT2D eigenvalue weighted by molar-refractivity contribution is 7.92.